The van der Waals surface area contributed by atoms with Crippen molar-refractivity contribution in [1.29, 1.82) is 0 Å². The zero-order valence-corrected chi connectivity index (χ0v) is 13.0. The van der Waals surface area contributed by atoms with E-state index in [1.807, 2.05) is 0 Å². The summed E-state index contributed by atoms with van der Waals surface area (Å²) >= 11 is 0. The number of nitrogens with one attached hydrogen (secondary N) is 2. The number of hydrogen-bond acceptors (Lipinski definition) is 4. The number of rotatable bonds is 6. The summed E-state index contributed by atoms with van der Waals surface area (Å²) in [5, 5.41) is 3.27. The van der Waals surface area contributed by atoms with E-state index < -0.39 is 15.8 Å². The Bertz CT molecular complexity index is 572. The van der Waals surface area contributed by atoms with Crippen LogP contribution in [0.4, 0.5) is 4.39 Å². The summed E-state index contributed by atoms with van der Waals surface area (Å²) in [5.74, 6) is -0.540. The number of aryl methyl sites for hydroxylation is 1. The van der Waals surface area contributed by atoms with E-state index in [-0.39, 0.29) is 4.90 Å². The Morgan fingerprint density at radius 3 is 2.76 bits per heavy atom. The Balaban J connectivity index is 1.85. The third-order valence-corrected chi connectivity index (χ3v) is 5.20. The van der Waals surface area contributed by atoms with Crippen LogP contribution in [0.2, 0.25) is 0 Å². The van der Waals surface area contributed by atoms with Gasteiger partial charge >= 0.3 is 0 Å². The molecule has 0 aliphatic carbocycles. The molecule has 1 fully saturated rings. The summed E-state index contributed by atoms with van der Waals surface area (Å²) in [4.78, 5) is 2.32. The van der Waals surface area contributed by atoms with Gasteiger partial charge in [0.1, 0.15) is 5.82 Å². The van der Waals surface area contributed by atoms with Crippen molar-refractivity contribution in [3.05, 3.63) is 29.6 Å². The number of halogens is 1. The minimum absolute atomic E-state index is 0.0182. The van der Waals surface area contributed by atoms with Crippen molar-refractivity contribution in [3.63, 3.8) is 0 Å². The zero-order chi connectivity index (χ0) is 15.3. The highest BCUT2D eigenvalue weighted by atomic mass is 32.2. The number of benzene rings is 1. The molecule has 1 aromatic rings. The Labute approximate surface area is 125 Å². The Kier molecular flexibility index (Phi) is 5.69. The molecular formula is C14H22FN3O2S. The molecule has 118 valence electrons. The maximum atomic E-state index is 13.2. The highest BCUT2D eigenvalue weighted by Crippen LogP contribution is 2.16. The molecule has 1 saturated heterocycles. The van der Waals surface area contributed by atoms with Gasteiger partial charge in [0.05, 0.1) is 4.90 Å². The minimum Gasteiger partial charge on any atom is -0.314 e. The van der Waals surface area contributed by atoms with E-state index in [2.05, 4.69) is 14.9 Å². The van der Waals surface area contributed by atoms with Crippen LogP contribution < -0.4 is 10.0 Å². The first-order chi connectivity index (χ1) is 9.99. The van der Waals surface area contributed by atoms with Crippen molar-refractivity contribution in [3.8, 4) is 0 Å². The second kappa shape index (κ2) is 7.31. The van der Waals surface area contributed by atoms with E-state index in [1.165, 1.54) is 12.1 Å². The molecule has 0 spiro atoms. The fraction of sp³-hybridized carbons (Fsp3) is 0.571. The predicted octanol–water partition coefficient (Wildman–Crippen LogP) is 0.708. The van der Waals surface area contributed by atoms with Crippen LogP contribution in [0.15, 0.2) is 23.1 Å². The lowest BCUT2D eigenvalue weighted by Crippen LogP contribution is -2.44. The normalized spacial score (nSPS) is 17.0. The predicted molar refractivity (Wildman–Crippen MR) is 80.3 cm³/mol. The lowest BCUT2D eigenvalue weighted by Gasteiger charge is -2.27. The summed E-state index contributed by atoms with van der Waals surface area (Å²) in [6.45, 7) is 6.84. The second-order valence-corrected chi connectivity index (χ2v) is 6.99. The van der Waals surface area contributed by atoms with Crippen LogP contribution in [0.1, 0.15) is 12.0 Å². The van der Waals surface area contributed by atoms with Crippen molar-refractivity contribution in [2.45, 2.75) is 18.2 Å². The molecule has 1 aliphatic rings. The van der Waals surface area contributed by atoms with Crippen molar-refractivity contribution in [2.24, 2.45) is 0 Å². The fourth-order valence-electron chi connectivity index (χ4n) is 2.39. The van der Waals surface area contributed by atoms with Crippen molar-refractivity contribution >= 4 is 10.0 Å². The maximum Gasteiger partial charge on any atom is 0.240 e. The number of sulfonamides is 1. The van der Waals surface area contributed by atoms with E-state index in [9.17, 15) is 12.8 Å². The van der Waals surface area contributed by atoms with E-state index in [0.717, 1.165) is 45.2 Å². The molecule has 0 aromatic heterocycles. The largest absolute Gasteiger partial charge is 0.314 e. The van der Waals surface area contributed by atoms with E-state index in [4.69, 9.17) is 0 Å². The summed E-state index contributed by atoms with van der Waals surface area (Å²) in [7, 11) is -3.64. The number of nitrogens with zero attached hydrogens (tertiary/aromatic N) is 1. The minimum atomic E-state index is -3.64. The highest BCUT2D eigenvalue weighted by molar-refractivity contribution is 7.89. The topological polar surface area (TPSA) is 61.4 Å². The van der Waals surface area contributed by atoms with Gasteiger partial charge in [0.15, 0.2) is 0 Å². The van der Waals surface area contributed by atoms with Gasteiger partial charge in [-0.3, -0.25) is 0 Å². The van der Waals surface area contributed by atoms with Gasteiger partial charge in [-0.25, -0.2) is 17.5 Å². The molecule has 21 heavy (non-hydrogen) atoms. The van der Waals surface area contributed by atoms with E-state index in [0.29, 0.717) is 12.1 Å². The first-order valence-electron chi connectivity index (χ1n) is 7.18. The molecule has 5 nitrogen and oxygen atoms in total. The van der Waals surface area contributed by atoms with Crippen LogP contribution in [-0.2, 0) is 10.0 Å². The first kappa shape index (κ1) is 16.4. The molecule has 2 rings (SSSR count). The van der Waals surface area contributed by atoms with Gasteiger partial charge in [0, 0.05) is 32.7 Å². The summed E-state index contributed by atoms with van der Waals surface area (Å²) < 4.78 is 40.1. The summed E-state index contributed by atoms with van der Waals surface area (Å²) in [6, 6.07) is 3.80. The average molecular weight is 315 g/mol. The van der Waals surface area contributed by atoms with Crippen molar-refractivity contribution < 1.29 is 12.8 Å². The fourth-order valence-corrected chi connectivity index (χ4v) is 3.71. The number of piperazine rings is 1. The van der Waals surface area contributed by atoms with Gasteiger partial charge in [0.25, 0.3) is 0 Å². The standard InChI is InChI=1S/C14H22FN3O2S/c1-12-3-4-13(15)11-14(12)21(19,20)17-5-2-8-18-9-6-16-7-10-18/h3-4,11,16-17H,2,5-10H2,1H3. The summed E-state index contributed by atoms with van der Waals surface area (Å²) in [6.07, 6.45) is 0.744. The van der Waals surface area contributed by atoms with Gasteiger partial charge in [0.2, 0.25) is 10.0 Å². The molecule has 2 N–H and O–H groups in total. The van der Waals surface area contributed by atoms with Gasteiger partial charge in [-0.2, -0.15) is 0 Å². The third kappa shape index (κ3) is 4.74. The van der Waals surface area contributed by atoms with Crippen LogP contribution in [-0.4, -0.2) is 52.6 Å². The van der Waals surface area contributed by atoms with Gasteiger partial charge in [-0.15, -0.1) is 0 Å². The monoisotopic (exact) mass is 315 g/mol. The van der Waals surface area contributed by atoms with E-state index in [1.54, 1.807) is 6.92 Å². The Hall–Kier alpha value is -1.02. The Morgan fingerprint density at radius 2 is 2.05 bits per heavy atom. The SMILES string of the molecule is Cc1ccc(F)cc1S(=O)(=O)NCCCN1CCNCC1. The van der Waals surface area contributed by atoms with Crippen molar-refractivity contribution in [1.82, 2.24) is 14.9 Å². The maximum absolute atomic E-state index is 13.2. The van der Waals surface area contributed by atoms with Gasteiger partial charge in [-0.05, 0) is 37.6 Å². The van der Waals surface area contributed by atoms with Crippen LogP contribution in [0.3, 0.4) is 0 Å². The number of hydrogen-bond donors (Lipinski definition) is 2. The smallest absolute Gasteiger partial charge is 0.240 e. The molecule has 0 bridgehead atoms. The molecule has 0 unspecified atom stereocenters. The van der Waals surface area contributed by atoms with Crippen LogP contribution in [0, 0.1) is 12.7 Å². The lowest BCUT2D eigenvalue weighted by atomic mass is 10.2. The average Bonchev–Trinajstić information content (AvgIpc) is 2.47. The van der Waals surface area contributed by atoms with Gasteiger partial charge in [-0.1, -0.05) is 6.07 Å². The van der Waals surface area contributed by atoms with Crippen LogP contribution >= 0.6 is 0 Å². The molecule has 0 atom stereocenters. The third-order valence-electron chi connectivity index (χ3n) is 3.59. The van der Waals surface area contributed by atoms with Gasteiger partial charge < -0.3 is 10.2 Å². The quantitative estimate of drug-likeness (QED) is 0.759. The molecule has 0 amide bonds. The first-order valence-corrected chi connectivity index (χ1v) is 8.66. The Morgan fingerprint density at radius 1 is 1.33 bits per heavy atom. The van der Waals surface area contributed by atoms with E-state index >= 15 is 0 Å². The van der Waals surface area contributed by atoms with Crippen LogP contribution in [0.25, 0.3) is 0 Å². The lowest BCUT2D eigenvalue weighted by molar-refractivity contribution is 0.239. The molecule has 0 saturated carbocycles. The molecule has 1 heterocycles. The molecule has 0 radical (unpaired) electrons. The second-order valence-electron chi connectivity index (χ2n) is 5.25. The van der Waals surface area contributed by atoms with Crippen molar-refractivity contribution in [2.75, 3.05) is 39.3 Å². The molecule has 7 heteroatoms. The zero-order valence-electron chi connectivity index (χ0n) is 12.2. The van der Waals surface area contributed by atoms with Crippen LogP contribution in [0.5, 0.6) is 0 Å². The molecule has 1 aliphatic heterocycles. The molecular weight excluding hydrogens is 293 g/mol. The molecule has 1 aromatic carbocycles. The summed E-state index contributed by atoms with van der Waals surface area (Å²) in [5.41, 5.74) is 0.547. The highest BCUT2D eigenvalue weighted by Gasteiger charge is 2.17.